The molecule has 0 unspecified atom stereocenters. The maximum atomic E-state index is 13.1. The lowest BCUT2D eigenvalue weighted by Crippen LogP contribution is -2.15. The Hall–Kier alpha value is -3.74. The summed E-state index contributed by atoms with van der Waals surface area (Å²) in [6, 6.07) is 13.2. The van der Waals surface area contributed by atoms with Crippen LogP contribution in [0.1, 0.15) is 15.9 Å². The lowest BCUT2D eigenvalue weighted by atomic mass is 10.0. The minimum atomic E-state index is -0.184. The molecule has 0 bridgehead atoms. The lowest BCUT2D eigenvalue weighted by Gasteiger charge is -2.14. The summed E-state index contributed by atoms with van der Waals surface area (Å²) in [6.07, 6.45) is 5.24. The number of benzene rings is 2. The molecule has 2 heterocycles. The van der Waals surface area contributed by atoms with Crippen molar-refractivity contribution in [2.45, 2.75) is 6.92 Å². The molecule has 4 aromatic rings. The Balaban J connectivity index is 1.70. The van der Waals surface area contributed by atoms with Crippen LogP contribution in [0.2, 0.25) is 0 Å². The molecule has 1 N–H and O–H groups in total. The highest BCUT2D eigenvalue weighted by Gasteiger charge is 2.17. The third-order valence-electron chi connectivity index (χ3n) is 4.77. The maximum Gasteiger partial charge on any atom is 0.256 e. The summed E-state index contributed by atoms with van der Waals surface area (Å²) in [6.45, 7) is 1.96. The molecule has 2 aromatic carbocycles. The van der Waals surface area contributed by atoms with E-state index in [1.54, 1.807) is 18.6 Å². The first-order valence-corrected chi connectivity index (χ1v) is 8.88. The predicted octanol–water partition coefficient (Wildman–Crippen LogP) is 3.44. The van der Waals surface area contributed by atoms with Crippen LogP contribution in [0.4, 0.5) is 5.69 Å². The molecule has 2 aromatic heterocycles. The number of hydrogen-bond donors (Lipinski definition) is 1. The van der Waals surface area contributed by atoms with Gasteiger partial charge in [-0.25, -0.2) is 4.98 Å². The van der Waals surface area contributed by atoms with Crippen molar-refractivity contribution in [3.63, 3.8) is 0 Å². The maximum absolute atomic E-state index is 13.1. The highest BCUT2D eigenvalue weighted by Crippen LogP contribution is 2.28. The van der Waals surface area contributed by atoms with E-state index in [1.165, 1.54) is 0 Å². The third-order valence-corrected chi connectivity index (χ3v) is 4.77. The largest absolute Gasteiger partial charge is 0.334 e. The van der Waals surface area contributed by atoms with Crippen molar-refractivity contribution in [3.05, 3.63) is 72.3 Å². The third kappa shape index (κ3) is 3.07. The average Bonchev–Trinajstić information content (AvgIpc) is 3.31. The molecule has 0 spiro atoms. The van der Waals surface area contributed by atoms with Gasteiger partial charge in [-0.2, -0.15) is 0 Å². The van der Waals surface area contributed by atoms with Gasteiger partial charge in [-0.3, -0.25) is 4.79 Å². The minimum Gasteiger partial charge on any atom is -0.334 e. The number of aryl methyl sites for hydroxylation is 2. The summed E-state index contributed by atoms with van der Waals surface area (Å²) < 4.78 is 3.75. The van der Waals surface area contributed by atoms with Gasteiger partial charge in [0.15, 0.2) is 5.82 Å². The molecule has 0 aliphatic carbocycles. The number of anilines is 1. The molecule has 0 radical (unpaired) electrons. The molecule has 0 aliphatic rings. The van der Waals surface area contributed by atoms with Crippen LogP contribution in [-0.2, 0) is 14.1 Å². The van der Waals surface area contributed by atoms with Crippen LogP contribution in [0.25, 0.3) is 22.8 Å². The molecule has 140 valence electrons. The Morgan fingerprint density at radius 3 is 2.46 bits per heavy atom. The summed E-state index contributed by atoms with van der Waals surface area (Å²) in [7, 11) is 3.80. The predicted molar refractivity (Wildman–Crippen MR) is 108 cm³/mol. The molecule has 0 saturated heterocycles. The van der Waals surface area contributed by atoms with E-state index >= 15 is 0 Å². The summed E-state index contributed by atoms with van der Waals surface area (Å²) >= 11 is 0. The molecule has 7 nitrogen and oxygen atoms in total. The Kier molecular flexibility index (Phi) is 4.49. The fourth-order valence-corrected chi connectivity index (χ4v) is 3.23. The molecule has 7 heteroatoms. The second kappa shape index (κ2) is 7.11. The number of nitrogens with zero attached hydrogens (tertiary/aromatic N) is 5. The van der Waals surface area contributed by atoms with E-state index in [2.05, 4.69) is 20.5 Å². The SMILES string of the molecule is Cc1c(NC(=O)c2ccccc2-c2nccn2C)cccc1-c1nncn1C. The number of amides is 1. The Morgan fingerprint density at radius 2 is 1.75 bits per heavy atom. The van der Waals surface area contributed by atoms with Crippen LogP contribution in [0.15, 0.2) is 61.2 Å². The Morgan fingerprint density at radius 1 is 0.964 bits per heavy atom. The Bertz CT molecular complexity index is 1160. The highest BCUT2D eigenvalue weighted by atomic mass is 16.1. The fraction of sp³-hybridized carbons (Fsp3) is 0.143. The smallest absolute Gasteiger partial charge is 0.256 e. The van der Waals surface area contributed by atoms with Gasteiger partial charge in [0, 0.05) is 43.3 Å². The monoisotopic (exact) mass is 372 g/mol. The van der Waals surface area contributed by atoms with Gasteiger partial charge in [0.1, 0.15) is 12.2 Å². The number of nitrogens with one attached hydrogen (secondary N) is 1. The van der Waals surface area contributed by atoms with Crippen molar-refractivity contribution < 1.29 is 4.79 Å². The van der Waals surface area contributed by atoms with Gasteiger partial charge in [0.25, 0.3) is 5.91 Å². The second-order valence-corrected chi connectivity index (χ2v) is 6.61. The zero-order valence-electron chi connectivity index (χ0n) is 15.9. The number of carbonyl (C=O) groups is 1. The van der Waals surface area contributed by atoms with Crippen molar-refractivity contribution in [2.24, 2.45) is 14.1 Å². The second-order valence-electron chi connectivity index (χ2n) is 6.61. The van der Waals surface area contributed by atoms with Gasteiger partial charge in [0.05, 0.1) is 5.56 Å². The zero-order chi connectivity index (χ0) is 19.7. The van der Waals surface area contributed by atoms with Crippen LogP contribution in [-0.4, -0.2) is 30.2 Å². The van der Waals surface area contributed by atoms with Crippen LogP contribution in [0.3, 0.4) is 0 Å². The molecule has 0 fully saturated rings. The highest BCUT2D eigenvalue weighted by molar-refractivity contribution is 6.08. The molecule has 4 rings (SSSR count). The number of carbonyl (C=O) groups excluding carboxylic acids is 1. The van der Waals surface area contributed by atoms with E-state index in [0.29, 0.717) is 5.56 Å². The van der Waals surface area contributed by atoms with Crippen LogP contribution in [0, 0.1) is 6.92 Å². The summed E-state index contributed by atoms with van der Waals surface area (Å²) in [5, 5.41) is 11.2. The standard InChI is InChI=1S/C21H20N6O/c1-14-15(20-25-23-13-27(20)3)9-6-10-18(14)24-21(28)17-8-5-4-7-16(17)19-22-11-12-26(19)2/h4-13H,1-3H3,(H,24,28). The number of hydrogen-bond acceptors (Lipinski definition) is 4. The number of imidazole rings is 1. The van der Waals surface area contributed by atoms with E-state index in [-0.39, 0.29) is 5.91 Å². The summed E-state index contributed by atoms with van der Waals surface area (Å²) in [4.78, 5) is 17.5. The zero-order valence-corrected chi connectivity index (χ0v) is 15.9. The summed E-state index contributed by atoms with van der Waals surface area (Å²) in [5.41, 5.74) is 3.95. The van der Waals surface area contributed by atoms with Crippen LogP contribution < -0.4 is 5.32 Å². The van der Waals surface area contributed by atoms with Gasteiger partial charge in [0.2, 0.25) is 0 Å². The minimum absolute atomic E-state index is 0.184. The van der Waals surface area contributed by atoms with Crippen molar-refractivity contribution in [3.8, 4) is 22.8 Å². The Labute approximate surface area is 162 Å². The normalized spacial score (nSPS) is 10.8. The first kappa shape index (κ1) is 17.7. The van der Waals surface area contributed by atoms with Crippen LogP contribution in [0.5, 0.6) is 0 Å². The van der Waals surface area contributed by atoms with Gasteiger partial charge in [-0.15, -0.1) is 10.2 Å². The van der Waals surface area contributed by atoms with Gasteiger partial charge >= 0.3 is 0 Å². The molecular formula is C21H20N6O. The molecule has 1 amide bonds. The fourth-order valence-electron chi connectivity index (χ4n) is 3.23. The number of aromatic nitrogens is 5. The summed E-state index contributed by atoms with van der Waals surface area (Å²) in [5.74, 6) is 1.31. The van der Waals surface area contributed by atoms with Crippen LogP contribution >= 0.6 is 0 Å². The molecule has 28 heavy (non-hydrogen) atoms. The van der Waals surface area contributed by atoms with E-state index in [0.717, 1.165) is 34.0 Å². The van der Waals surface area contributed by atoms with Gasteiger partial charge in [-0.1, -0.05) is 30.3 Å². The average molecular weight is 372 g/mol. The van der Waals surface area contributed by atoms with E-state index in [4.69, 9.17) is 0 Å². The quantitative estimate of drug-likeness (QED) is 0.595. The molecule has 0 saturated carbocycles. The van der Waals surface area contributed by atoms with E-state index in [9.17, 15) is 4.79 Å². The molecular weight excluding hydrogens is 352 g/mol. The van der Waals surface area contributed by atoms with Crippen molar-refractivity contribution >= 4 is 11.6 Å². The molecule has 0 aliphatic heterocycles. The first-order valence-electron chi connectivity index (χ1n) is 8.88. The van der Waals surface area contributed by atoms with Crippen molar-refractivity contribution in [1.29, 1.82) is 0 Å². The molecule has 0 atom stereocenters. The van der Waals surface area contributed by atoms with E-state index in [1.807, 2.05) is 72.7 Å². The van der Waals surface area contributed by atoms with Crippen molar-refractivity contribution in [1.82, 2.24) is 24.3 Å². The first-order chi connectivity index (χ1) is 13.6. The van der Waals surface area contributed by atoms with Crippen molar-refractivity contribution in [2.75, 3.05) is 5.32 Å². The number of rotatable bonds is 4. The van der Waals surface area contributed by atoms with Gasteiger partial charge < -0.3 is 14.5 Å². The van der Waals surface area contributed by atoms with E-state index < -0.39 is 0 Å². The van der Waals surface area contributed by atoms with Gasteiger partial charge in [-0.05, 0) is 24.6 Å². The topological polar surface area (TPSA) is 77.6 Å². The lowest BCUT2D eigenvalue weighted by molar-refractivity contribution is 0.102.